The van der Waals surface area contributed by atoms with Crippen LogP contribution in [0.25, 0.3) is 17.2 Å². The molecule has 0 aromatic heterocycles. The molecule has 2 N–H and O–H groups in total. The third-order valence-electron chi connectivity index (χ3n) is 5.59. The second-order valence-electron chi connectivity index (χ2n) is 7.51. The van der Waals surface area contributed by atoms with E-state index in [9.17, 15) is 14.7 Å². The van der Waals surface area contributed by atoms with Gasteiger partial charge < -0.3 is 15.2 Å². The van der Waals surface area contributed by atoms with Crippen molar-refractivity contribution >= 4 is 18.1 Å². The van der Waals surface area contributed by atoms with Gasteiger partial charge in [0.1, 0.15) is 12.6 Å². The Hall–Kier alpha value is -3.86. The SMILES string of the molecule is C=Cc1ccc(C[C@H](NC(=O)OCC2c3ccccc3-c3ccccc32)C(=O)O)cc1. The first-order chi connectivity index (χ1) is 15.1. The number of amides is 1. The highest BCUT2D eigenvalue weighted by Gasteiger charge is 2.29. The summed E-state index contributed by atoms with van der Waals surface area (Å²) in [6, 6.07) is 22.4. The van der Waals surface area contributed by atoms with Gasteiger partial charge >= 0.3 is 12.1 Å². The molecule has 0 saturated heterocycles. The first-order valence-corrected chi connectivity index (χ1v) is 10.1. The van der Waals surface area contributed by atoms with Gasteiger partial charge in [0.05, 0.1) is 0 Å². The van der Waals surface area contributed by atoms with Crippen molar-refractivity contribution in [3.05, 3.63) is 102 Å². The van der Waals surface area contributed by atoms with Gasteiger partial charge in [0.25, 0.3) is 0 Å². The molecule has 0 heterocycles. The first-order valence-electron chi connectivity index (χ1n) is 10.1. The molecular formula is C26H23NO4. The summed E-state index contributed by atoms with van der Waals surface area (Å²) in [5, 5.41) is 12.0. The summed E-state index contributed by atoms with van der Waals surface area (Å²) in [6.45, 7) is 3.84. The largest absolute Gasteiger partial charge is 0.480 e. The molecular weight excluding hydrogens is 390 g/mol. The monoisotopic (exact) mass is 413 g/mol. The predicted octanol–water partition coefficient (Wildman–Crippen LogP) is 4.86. The summed E-state index contributed by atoms with van der Waals surface area (Å²) in [5.41, 5.74) is 6.23. The van der Waals surface area contributed by atoms with Crippen LogP contribution in [0.2, 0.25) is 0 Å². The lowest BCUT2D eigenvalue weighted by Crippen LogP contribution is -2.42. The molecule has 0 fully saturated rings. The van der Waals surface area contributed by atoms with Crippen LogP contribution in [0, 0.1) is 0 Å². The highest BCUT2D eigenvalue weighted by atomic mass is 16.5. The fraction of sp³-hybridized carbons (Fsp3) is 0.154. The molecule has 5 heteroatoms. The first kappa shape index (κ1) is 20.4. The van der Waals surface area contributed by atoms with Crippen LogP contribution < -0.4 is 5.32 Å². The Morgan fingerprint density at radius 1 is 0.968 bits per heavy atom. The summed E-state index contributed by atoms with van der Waals surface area (Å²) in [4.78, 5) is 24.1. The molecule has 4 rings (SSSR count). The number of aliphatic carboxylic acids is 1. The summed E-state index contributed by atoms with van der Waals surface area (Å²) in [6.07, 6.45) is 1.14. The zero-order valence-electron chi connectivity index (χ0n) is 17.0. The summed E-state index contributed by atoms with van der Waals surface area (Å²) in [7, 11) is 0. The number of benzene rings is 3. The molecule has 1 atom stereocenters. The topological polar surface area (TPSA) is 75.6 Å². The van der Waals surface area contributed by atoms with Crippen LogP contribution in [0.5, 0.6) is 0 Å². The number of alkyl carbamates (subject to hydrolysis) is 1. The van der Waals surface area contributed by atoms with Crippen LogP contribution in [0.3, 0.4) is 0 Å². The number of ether oxygens (including phenoxy) is 1. The number of nitrogens with one attached hydrogen (secondary N) is 1. The van der Waals surface area contributed by atoms with Crippen molar-refractivity contribution in [1.29, 1.82) is 0 Å². The van der Waals surface area contributed by atoms with Gasteiger partial charge in [-0.15, -0.1) is 0 Å². The second-order valence-corrected chi connectivity index (χ2v) is 7.51. The van der Waals surface area contributed by atoms with Crippen molar-refractivity contribution < 1.29 is 19.4 Å². The lowest BCUT2D eigenvalue weighted by Gasteiger charge is -2.17. The molecule has 0 aliphatic heterocycles. The number of carboxylic acid groups (broad SMARTS) is 1. The summed E-state index contributed by atoms with van der Waals surface area (Å²) >= 11 is 0. The lowest BCUT2D eigenvalue weighted by molar-refractivity contribution is -0.139. The van der Waals surface area contributed by atoms with Crippen molar-refractivity contribution in [1.82, 2.24) is 5.32 Å². The van der Waals surface area contributed by atoms with Crippen LogP contribution in [0.15, 0.2) is 79.4 Å². The molecule has 31 heavy (non-hydrogen) atoms. The minimum atomic E-state index is -1.11. The van der Waals surface area contributed by atoms with E-state index in [2.05, 4.69) is 24.0 Å². The standard InChI is InChI=1S/C26H23NO4/c1-2-17-11-13-18(14-12-17)15-24(25(28)29)27-26(30)31-16-23-21-9-5-3-7-19(21)20-8-4-6-10-22(20)23/h2-14,23-24H,1,15-16H2,(H,27,30)(H,28,29)/t24-/m0/s1. The number of carbonyl (C=O) groups excluding carboxylic acids is 1. The molecule has 0 radical (unpaired) electrons. The normalized spacial score (nSPS) is 13.0. The minimum Gasteiger partial charge on any atom is -0.480 e. The van der Waals surface area contributed by atoms with Gasteiger partial charge in [0, 0.05) is 12.3 Å². The van der Waals surface area contributed by atoms with E-state index in [1.54, 1.807) is 6.08 Å². The Bertz CT molecular complexity index is 1070. The number of hydrogen-bond acceptors (Lipinski definition) is 3. The van der Waals surface area contributed by atoms with Crippen molar-refractivity contribution in [3.63, 3.8) is 0 Å². The van der Waals surface area contributed by atoms with Crippen molar-refractivity contribution in [2.24, 2.45) is 0 Å². The van der Waals surface area contributed by atoms with Crippen LogP contribution in [0.1, 0.15) is 28.2 Å². The van der Waals surface area contributed by atoms with Crippen LogP contribution in [-0.2, 0) is 16.0 Å². The fourth-order valence-electron chi connectivity index (χ4n) is 4.01. The molecule has 0 saturated carbocycles. The molecule has 0 unspecified atom stereocenters. The molecule has 0 bridgehead atoms. The molecule has 1 amide bonds. The maximum atomic E-state index is 12.4. The Morgan fingerprint density at radius 2 is 1.55 bits per heavy atom. The van der Waals surface area contributed by atoms with Gasteiger partial charge in [-0.3, -0.25) is 0 Å². The molecule has 1 aliphatic carbocycles. The van der Waals surface area contributed by atoms with E-state index in [0.29, 0.717) is 0 Å². The fourth-order valence-corrected chi connectivity index (χ4v) is 4.01. The van der Waals surface area contributed by atoms with Gasteiger partial charge in [-0.25, -0.2) is 9.59 Å². The third-order valence-corrected chi connectivity index (χ3v) is 5.59. The van der Waals surface area contributed by atoms with E-state index in [0.717, 1.165) is 33.4 Å². The van der Waals surface area contributed by atoms with Gasteiger partial charge in [-0.2, -0.15) is 0 Å². The number of rotatable bonds is 7. The molecule has 1 aliphatic rings. The van der Waals surface area contributed by atoms with Crippen molar-refractivity contribution in [3.8, 4) is 11.1 Å². The Kier molecular flexibility index (Phi) is 5.85. The minimum absolute atomic E-state index is 0.0760. The number of carbonyl (C=O) groups is 2. The molecule has 5 nitrogen and oxygen atoms in total. The Balaban J connectivity index is 1.42. The number of fused-ring (bicyclic) bond motifs is 3. The van der Waals surface area contributed by atoms with E-state index in [4.69, 9.17) is 4.74 Å². The smallest absolute Gasteiger partial charge is 0.407 e. The zero-order chi connectivity index (χ0) is 21.8. The molecule has 3 aromatic rings. The van der Waals surface area contributed by atoms with Crippen molar-refractivity contribution in [2.75, 3.05) is 6.61 Å². The van der Waals surface area contributed by atoms with Crippen LogP contribution in [0.4, 0.5) is 4.79 Å². The molecule has 156 valence electrons. The summed E-state index contributed by atoms with van der Waals surface area (Å²) < 4.78 is 5.47. The second kappa shape index (κ2) is 8.88. The maximum absolute atomic E-state index is 12.4. The Labute approximate surface area is 181 Å². The van der Waals surface area contributed by atoms with Gasteiger partial charge in [0.15, 0.2) is 0 Å². The summed E-state index contributed by atoms with van der Waals surface area (Å²) in [5.74, 6) is -1.19. The maximum Gasteiger partial charge on any atom is 0.407 e. The van der Waals surface area contributed by atoms with E-state index >= 15 is 0 Å². The van der Waals surface area contributed by atoms with Crippen LogP contribution >= 0.6 is 0 Å². The highest BCUT2D eigenvalue weighted by Crippen LogP contribution is 2.44. The molecule has 3 aromatic carbocycles. The van der Waals surface area contributed by atoms with Gasteiger partial charge in [0.2, 0.25) is 0 Å². The van der Waals surface area contributed by atoms with E-state index in [1.165, 1.54) is 0 Å². The lowest BCUT2D eigenvalue weighted by atomic mass is 9.98. The van der Waals surface area contributed by atoms with Crippen molar-refractivity contribution in [2.45, 2.75) is 18.4 Å². The van der Waals surface area contributed by atoms with Gasteiger partial charge in [-0.1, -0.05) is 85.5 Å². The zero-order valence-corrected chi connectivity index (χ0v) is 17.0. The third kappa shape index (κ3) is 4.36. The average molecular weight is 413 g/mol. The number of carboxylic acids is 1. The van der Waals surface area contributed by atoms with E-state index < -0.39 is 18.1 Å². The van der Waals surface area contributed by atoms with E-state index in [1.807, 2.05) is 60.7 Å². The van der Waals surface area contributed by atoms with Gasteiger partial charge in [-0.05, 0) is 33.4 Å². The highest BCUT2D eigenvalue weighted by molar-refractivity contribution is 5.81. The number of hydrogen-bond donors (Lipinski definition) is 2. The van der Waals surface area contributed by atoms with E-state index in [-0.39, 0.29) is 18.9 Å². The Morgan fingerprint density at radius 3 is 2.10 bits per heavy atom. The predicted molar refractivity (Wildman–Crippen MR) is 120 cm³/mol. The molecule has 0 spiro atoms. The average Bonchev–Trinajstić information content (AvgIpc) is 3.11. The quantitative estimate of drug-likeness (QED) is 0.580. The van der Waals surface area contributed by atoms with Crippen LogP contribution in [-0.4, -0.2) is 29.8 Å².